The molecular weight excluding hydrogens is 378 g/mol. The van der Waals surface area contributed by atoms with Gasteiger partial charge in [0.05, 0.1) is 10.9 Å². The molecule has 0 unspecified atom stereocenters. The summed E-state index contributed by atoms with van der Waals surface area (Å²) in [5.41, 5.74) is 3.20. The van der Waals surface area contributed by atoms with E-state index in [0.717, 1.165) is 62.2 Å². The highest BCUT2D eigenvalue weighted by Crippen LogP contribution is 2.31. The van der Waals surface area contributed by atoms with Crippen molar-refractivity contribution in [1.29, 1.82) is 0 Å². The minimum atomic E-state index is 0.0458. The minimum Gasteiger partial charge on any atom is -0.474 e. The van der Waals surface area contributed by atoms with Gasteiger partial charge in [-0.2, -0.15) is 0 Å². The Bertz CT molecular complexity index is 1100. The maximum Gasteiger partial charge on any atom is 0.250 e. The second kappa shape index (κ2) is 8.07. The van der Waals surface area contributed by atoms with Crippen molar-refractivity contribution in [3.8, 4) is 5.88 Å². The molecule has 2 aromatic heterocycles. The van der Waals surface area contributed by atoms with Gasteiger partial charge >= 0.3 is 0 Å². The molecule has 5 rings (SSSR count). The third-order valence-corrected chi connectivity index (χ3v) is 6.32. The topological polar surface area (TPSA) is 63.5 Å². The number of hydrogen-bond donors (Lipinski definition) is 0. The number of aromatic nitrogens is 3. The number of piperazine rings is 1. The molecule has 0 atom stereocenters. The van der Waals surface area contributed by atoms with Crippen LogP contribution in [0.5, 0.6) is 5.88 Å². The van der Waals surface area contributed by atoms with Gasteiger partial charge in [0.1, 0.15) is 12.4 Å². The van der Waals surface area contributed by atoms with E-state index in [1.165, 1.54) is 12.1 Å². The summed E-state index contributed by atoms with van der Waals surface area (Å²) in [6.45, 7) is 4.60. The lowest BCUT2D eigenvalue weighted by atomic mass is 9.96. The number of anilines is 1. The Kier molecular flexibility index (Phi) is 5.12. The van der Waals surface area contributed by atoms with Crippen LogP contribution in [0.2, 0.25) is 0 Å². The van der Waals surface area contributed by atoms with Crippen LogP contribution in [-0.2, 0) is 13.6 Å². The molecule has 30 heavy (non-hydrogen) atoms. The molecule has 7 heteroatoms. The van der Waals surface area contributed by atoms with E-state index in [4.69, 9.17) is 4.74 Å². The first-order chi connectivity index (χ1) is 14.7. The van der Waals surface area contributed by atoms with Gasteiger partial charge in [-0.25, -0.2) is 9.97 Å². The van der Waals surface area contributed by atoms with Crippen LogP contribution in [-0.4, -0.2) is 51.7 Å². The van der Waals surface area contributed by atoms with Crippen molar-refractivity contribution in [1.82, 2.24) is 19.4 Å². The molecule has 7 nitrogen and oxygen atoms in total. The van der Waals surface area contributed by atoms with Gasteiger partial charge in [-0.15, -0.1) is 0 Å². The second-order valence-electron chi connectivity index (χ2n) is 8.23. The summed E-state index contributed by atoms with van der Waals surface area (Å²) < 4.78 is 7.84. The summed E-state index contributed by atoms with van der Waals surface area (Å²) in [6, 6.07) is 11.8. The van der Waals surface area contributed by atoms with Crippen LogP contribution in [0.4, 0.5) is 5.69 Å². The molecule has 1 aliphatic carbocycles. The highest BCUT2D eigenvalue weighted by Gasteiger charge is 2.22. The fourth-order valence-electron chi connectivity index (χ4n) is 4.12. The predicted octanol–water partition coefficient (Wildman–Crippen LogP) is 2.58. The lowest BCUT2D eigenvalue weighted by Crippen LogP contribution is -2.46. The first-order valence-electron chi connectivity index (χ1n) is 10.7. The fraction of sp³-hybridized carbons (Fsp3) is 0.435. The van der Waals surface area contributed by atoms with Gasteiger partial charge in [-0.3, -0.25) is 9.69 Å². The fourth-order valence-corrected chi connectivity index (χ4v) is 4.12. The van der Waals surface area contributed by atoms with Crippen LogP contribution in [0.3, 0.4) is 0 Å². The number of ether oxygens (including phenoxy) is 1. The molecule has 1 saturated heterocycles. The van der Waals surface area contributed by atoms with Crippen molar-refractivity contribution in [2.45, 2.75) is 31.9 Å². The van der Waals surface area contributed by atoms with Gasteiger partial charge in [0, 0.05) is 57.2 Å². The zero-order chi connectivity index (χ0) is 20.5. The normalized spacial score (nSPS) is 17.8. The SMILES string of the molecule is Cn1c(CN2CCN(c3ccc4ncnc(OC5CCC5)c4c3)CC2)cccc1=O. The number of nitrogens with zero attached hydrogens (tertiary/aromatic N) is 5. The summed E-state index contributed by atoms with van der Waals surface area (Å²) in [7, 11) is 1.84. The molecule has 2 aliphatic rings. The number of fused-ring (bicyclic) bond motifs is 1. The summed E-state index contributed by atoms with van der Waals surface area (Å²) >= 11 is 0. The Labute approximate surface area is 175 Å². The third-order valence-electron chi connectivity index (χ3n) is 6.32. The quantitative estimate of drug-likeness (QED) is 0.650. The highest BCUT2D eigenvalue weighted by molar-refractivity contribution is 5.86. The van der Waals surface area contributed by atoms with E-state index in [9.17, 15) is 4.79 Å². The van der Waals surface area contributed by atoms with E-state index < -0.39 is 0 Å². The number of rotatable bonds is 5. The Morgan fingerprint density at radius 2 is 1.90 bits per heavy atom. The molecule has 2 fully saturated rings. The van der Waals surface area contributed by atoms with Crippen LogP contribution in [0.25, 0.3) is 10.9 Å². The number of benzene rings is 1. The Morgan fingerprint density at radius 1 is 1.07 bits per heavy atom. The first-order valence-corrected chi connectivity index (χ1v) is 10.7. The lowest BCUT2D eigenvalue weighted by molar-refractivity contribution is 0.116. The Morgan fingerprint density at radius 3 is 2.67 bits per heavy atom. The average Bonchev–Trinajstić information content (AvgIpc) is 2.74. The molecule has 1 aromatic carbocycles. The molecule has 0 N–H and O–H groups in total. The van der Waals surface area contributed by atoms with Crippen molar-refractivity contribution in [3.05, 3.63) is 58.8 Å². The maximum atomic E-state index is 11.9. The molecular formula is C23H27N5O2. The molecule has 0 amide bonds. The zero-order valence-corrected chi connectivity index (χ0v) is 17.3. The van der Waals surface area contributed by atoms with Crippen LogP contribution in [0.1, 0.15) is 25.0 Å². The first kappa shape index (κ1) is 19.1. The van der Waals surface area contributed by atoms with Gasteiger partial charge < -0.3 is 14.2 Å². The van der Waals surface area contributed by atoms with Crippen molar-refractivity contribution < 1.29 is 4.74 Å². The van der Waals surface area contributed by atoms with Crippen molar-refractivity contribution in [2.24, 2.45) is 7.05 Å². The van der Waals surface area contributed by atoms with Crippen LogP contribution < -0.4 is 15.2 Å². The molecule has 1 saturated carbocycles. The van der Waals surface area contributed by atoms with E-state index in [-0.39, 0.29) is 5.56 Å². The molecule has 3 heterocycles. The van der Waals surface area contributed by atoms with Crippen molar-refractivity contribution in [2.75, 3.05) is 31.1 Å². The second-order valence-corrected chi connectivity index (χ2v) is 8.23. The molecule has 0 spiro atoms. The molecule has 156 valence electrons. The average molecular weight is 406 g/mol. The minimum absolute atomic E-state index is 0.0458. The van der Waals surface area contributed by atoms with Gasteiger partial charge in [0.2, 0.25) is 11.4 Å². The van der Waals surface area contributed by atoms with E-state index in [0.29, 0.717) is 12.0 Å². The monoisotopic (exact) mass is 405 g/mol. The van der Waals surface area contributed by atoms with Gasteiger partial charge in [-0.05, 0) is 43.5 Å². The highest BCUT2D eigenvalue weighted by atomic mass is 16.5. The summed E-state index contributed by atoms with van der Waals surface area (Å²) in [5.74, 6) is 0.704. The van der Waals surface area contributed by atoms with Crippen molar-refractivity contribution in [3.63, 3.8) is 0 Å². The number of pyridine rings is 1. The van der Waals surface area contributed by atoms with Crippen LogP contribution in [0, 0.1) is 0 Å². The third kappa shape index (κ3) is 3.77. The van der Waals surface area contributed by atoms with Crippen LogP contribution in [0.15, 0.2) is 47.5 Å². The summed E-state index contributed by atoms with van der Waals surface area (Å²) in [5, 5.41) is 0.989. The smallest absolute Gasteiger partial charge is 0.250 e. The van der Waals surface area contributed by atoms with E-state index in [2.05, 4.69) is 38.0 Å². The molecule has 0 radical (unpaired) electrons. The number of hydrogen-bond acceptors (Lipinski definition) is 6. The zero-order valence-electron chi connectivity index (χ0n) is 17.3. The van der Waals surface area contributed by atoms with E-state index in [1.54, 1.807) is 17.0 Å². The Hall–Kier alpha value is -2.93. The van der Waals surface area contributed by atoms with Gasteiger partial charge in [0.15, 0.2) is 0 Å². The van der Waals surface area contributed by atoms with Gasteiger partial charge in [0.25, 0.3) is 0 Å². The van der Waals surface area contributed by atoms with Gasteiger partial charge in [-0.1, -0.05) is 6.07 Å². The lowest BCUT2D eigenvalue weighted by Gasteiger charge is -2.36. The van der Waals surface area contributed by atoms with Crippen molar-refractivity contribution >= 4 is 16.6 Å². The Balaban J connectivity index is 1.29. The van der Waals surface area contributed by atoms with E-state index in [1.807, 2.05) is 19.2 Å². The standard InChI is InChI=1S/C23H27N5O2/c1-26-18(4-2-7-22(26)29)15-27-10-12-28(13-11-27)17-8-9-21-20(14-17)23(25-16-24-21)30-19-5-3-6-19/h2,4,7-9,14,16,19H,3,5-6,10-13,15H2,1H3. The summed E-state index contributed by atoms with van der Waals surface area (Å²) in [6.07, 6.45) is 5.34. The maximum absolute atomic E-state index is 11.9. The molecule has 3 aromatic rings. The predicted molar refractivity (Wildman–Crippen MR) is 117 cm³/mol. The van der Waals surface area contributed by atoms with E-state index >= 15 is 0 Å². The molecule has 0 bridgehead atoms. The summed E-state index contributed by atoms with van der Waals surface area (Å²) in [4.78, 5) is 25.5. The van der Waals surface area contributed by atoms with Crippen LogP contribution >= 0.6 is 0 Å². The molecule has 1 aliphatic heterocycles. The largest absolute Gasteiger partial charge is 0.474 e.